The Bertz CT molecular complexity index is 374. The highest BCUT2D eigenvalue weighted by Crippen LogP contribution is 2.00. The van der Waals surface area contributed by atoms with E-state index >= 15 is 0 Å². The first-order chi connectivity index (χ1) is 8.29. The van der Waals surface area contributed by atoms with Crippen LogP contribution in [0.5, 0.6) is 0 Å². The molecule has 6 heteroatoms. The Morgan fingerprint density at radius 3 is 2.82 bits per heavy atom. The van der Waals surface area contributed by atoms with E-state index in [9.17, 15) is 4.79 Å². The fourth-order valence-corrected chi connectivity index (χ4v) is 1.56. The Hall–Kier alpha value is -1.50. The van der Waals surface area contributed by atoms with Gasteiger partial charge < -0.3 is 10.5 Å². The van der Waals surface area contributed by atoms with Crippen molar-refractivity contribution < 1.29 is 9.53 Å². The number of hydrogen-bond acceptors (Lipinski definition) is 5. The molecule has 0 atom stereocenters. The molecule has 0 aliphatic carbocycles. The second-order valence-electron chi connectivity index (χ2n) is 3.80. The van der Waals surface area contributed by atoms with Crippen molar-refractivity contribution in [1.82, 2.24) is 15.4 Å². The van der Waals surface area contributed by atoms with Crippen LogP contribution in [0, 0.1) is 0 Å². The first kappa shape index (κ1) is 12.0. The second kappa shape index (κ2) is 5.72. The van der Waals surface area contributed by atoms with Crippen molar-refractivity contribution in [2.24, 2.45) is 5.73 Å². The van der Waals surface area contributed by atoms with Gasteiger partial charge >= 0.3 is 0 Å². The number of hydrogen-bond donors (Lipinski definition) is 2. The number of pyridine rings is 1. The van der Waals surface area contributed by atoms with E-state index in [0.717, 1.165) is 5.56 Å². The van der Waals surface area contributed by atoms with Crippen molar-refractivity contribution in [2.45, 2.75) is 6.54 Å². The number of nitrogens with zero attached hydrogens (tertiary/aromatic N) is 2. The summed E-state index contributed by atoms with van der Waals surface area (Å²) >= 11 is 0. The summed E-state index contributed by atoms with van der Waals surface area (Å²) in [6, 6.07) is 3.49. The molecular formula is C11H16N4O2. The maximum atomic E-state index is 11.8. The molecule has 0 unspecified atom stereocenters. The van der Waals surface area contributed by atoms with E-state index in [2.05, 4.69) is 10.4 Å². The number of nitrogens with two attached hydrogens (primary N) is 1. The number of morpholine rings is 1. The molecule has 0 spiro atoms. The van der Waals surface area contributed by atoms with E-state index in [1.807, 2.05) is 5.01 Å². The Kier molecular flexibility index (Phi) is 4.03. The predicted octanol–water partition coefficient (Wildman–Crippen LogP) is -0.483. The summed E-state index contributed by atoms with van der Waals surface area (Å²) < 4.78 is 5.19. The molecule has 92 valence electrons. The minimum Gasteiger partial charge on any atom is -0.379 e. The van der Waals surface area contributed by atoms with Crippen molar-refractivity contribution in [3.63, 3.8) is 0 Å². The average molecular weight is 236 g/mol. The van der Waals surface area contributed by atoms with Gasteiger partial charge in [-0.1, -0.05) is 6.07 Å². The minimum atomic E-state index is -0.199. The molecule has 0 aromatic carbocycles. The Morgan fingerprint density at radius 2 is 2.24 bits per heavy atom. The number of hydrazine groups is 1. The predicted molar refractivity (Wildman–Crippen MR) is 62.0 cm³/mol. The van der Waals surface area contributed by atoms with E-state index in [1.165, 1.54) is 0 Å². The standard InChI is InChI=1S/C11H16N4O2/c12-7-9-1-2-10(13-8-9)11(16)14-15-3-5-17-6-4-15/h1-2,8H,3-7,12H2,(H,14,16). The molecule has 1 aromatic heterocycles. The average Bonchev–Trinajstić information content (AvgIpc) is 2.40. The molecule has 2 heterocycles. The lowest BCUT2D eigenvalue weighted by Crippen LogP contribution is -2.48. The number of aromatic nitrogens is 1. The SMILES string of the molecule is NCc1ccc(C(=O)NN2CCOCC2)nc1. The minimum absolute atomic E-state index is 0.199. The van der Waals surface area contributed by atoms with E-state index in [-0.39, 0.29) is 5.91 Å². The van der Waals surface area contributed by atoms with E-state index in [1.54, 1.807) is 18.3 Å². The second-order valence-corrected chi connectivity index (χ2v) is 3.80. The van der Waals surface area contributed by atoms with Crippen LogP contribution in [0.1, 0.15) is 16.1 Å². The van der Waals surface area contributed by atoms with Gasteiger partial charge in [0.2, 0.25) is 0 Å². The smallest absolute Gasteiger partial charge is 0.284 e. The number of rotatable bonds is 3. The normalized spacial score (nSPS) is 16.8. The molecular weight excluding hydrogens is 220 g/mol. The third kappa shape index (κ3) is 3.23. The van der Waals surface area contributed by atoms with Gasteiger partial charge in [-0.2, -0.15) is 0 Å². The third-order valence-corrected chi connectivity index (χ3v) is 2.56. The largest absolute Gasteiger partial charge is 0.379 e. The lowest BCUT2D eigenvalue weighted by Gasteiger charge is -2.26. The molecule has 1 fully saturated rings. The van der Waals surface area contributed by atoms with Gasteiger partial charge in [-0.25, -0.2) is 5.01 Å². The highest BCUT2D eigenvalue weighted by Gasteiger charge is 2.14. The molecule has 3 N–H and O–H groups in total. The van der Waals surface area contributed by atoms with Crippen molar-refractivity contribution >= 4 is 5.91 Å². The molecule has 6 nitrogen and oxygen atoms in total. The van der Waals surface area contributed by atoms with Gasteiger partial charge in [0.15, 0.2) is 0 Å². The van der Waals surface area contributed by atoms with Crippen LogP contribution in [0.3, 0.4) is 0 Å². The van der Waals surface area contributed by atoms with Crippen molar-refractivity contribution in [2.75, 3.05) is 26.3 Å². The van der Waals surface area contributed by atoms with Crippen LogP contribution in [0.15, 0.2) is 18.3 Å². The van der Waals surface area contributed by atoms with Gasteiger partial charge in [0.25, 0.3) is 5.91 Å². The summed E-state index contributed by atoms with van der Waals surface area (Å²) in [5.41, 5.74) is 9.56. The lowest BCUT2D eigenvalue weighted by atomic mass is 10.2. The van der Waals surface area contributed by atoms with Gasteiger partial charge in [0.05, 0.1) is 13.2 Å². The van der Waals surface area contributed by atoms with Crippen molar-refractivity contribution in [1.29, 1.82) is 0 Å². The van der Waals surface area contributed by atoms with Gasteiger partial charge in [0.1, 0.15) is 5.69 Å². The van der Waals surface area contributed by atoms with Gasteiger partial charge in [-0.05, 0) is 11.6 Å². The highest BCUT2D eigenvalue weighted by molar-refractivity contribution is 5.91. The van der Waals surface area contributed by atoms with E-state index in [4.69, 9.17) is 10.5 Å². The van der Waals surface area contributed by atoms with E-state index < -0.39 is 0 Å². The summed E-state index contributed by atoms with van der Waals surface area (Å²) in [5.74, 6) is -0.199. The fourth-order valence-electron chi connectivity index (χ4n) is 1.56. The summed E-state index contributed by atoms with van der Waals surface area (Å²) in [5, 5.41) is 1.84. The number of nitrogens with one attached hydrogen (secondary N) is 1. The van der Waals surface area contributed by atoms with Crippen LogP contribution in [-0.4, -0.2) is 42.2 Å². The molecule has 0 saturated carbocycles. The molecule has 0 radical (unpaired) electrons. The zero-order valence-electron chi connectivity index (χ0n) is 9.56. The number of amides is 1. The highest BCUT2D eigenvalue weighted by atomic mass is 16.5. The maximum Gasteiger partial charge on any atom is 0.284 e. The molecule has 1 aliphatic rings. The lowest BCUT2D eigenvalue weighted by molar-refractivity contribution is 0.0124. The molecule has 1 aromatic rings. The van der Waals surface area contributed by atoms with Crippen LogP contribution >= 0.6 is 0 Å². The van der Waals surface area contributed by atoms with Crippen LogP contribution in [0.4, 0.5) is 0 Å². The number of carbonyl (C=O) groups excluding carboxylic acids is 1. The Morgan fingerprint density at radius 1 is 1.47 bits per heavy atom. The Labute approximate surface area is 99.7 Å². The molecule has 0 bridgehead atoms. The van der Waals surface area contributed by atoms with Crippen LogP contribution in [0.25, 0.3) is 0 Å². The van der Waals surface area contributed by atoms with Crippen LogP contribution in [0.2, 0.25) is 0 Å². The number of ether oxygens (including phenoxy) is 1. The zero-order chi connectivity index (χ0) is 12.1. The third-order valence-electron chi connectivity index (χ3n) is 2.56. The molecule has 2 rings (SSSR count). The van der Waals surface area contributed by atoms with Gasteiger partial charge in [0, 0.05) is 25.8 Å². The van der Waals surface area contributed by atoms with E-state index in [0.29, 0.717) is 38.5 Å². The summed E-state index contributed by atoms with van der Waals surface area (Å²) in [4.78, 5) is 15.9. The summed E-state index contributed by atoms with van der Waals surface area (Å²) in [7, 11) is 0. The monoisotopic (exact) mass is 236 g/mol. The zero-order valence-corrected chi connectivity index (χ0v) is 9.56. The topological polar surface area (TPSA) is 80.5 Å². The first-order valence-electron chi connectivity index (χ1n) is 5.58. The maximum absolute atomic E-state index is 11.8. The van der Waals surface area contributed by atoms with Crippen LogP contribution < -0.4 is 11.2 Å². The fraction of sp³-hybridized carbons (Fsp3) is 0.455. The Balaban J connectivity index is 1.93. The summed E-state index contributed by atoms with van der Waals surface area (Å²) in [6.45, 7) is 3.11. The number of carbonyl (C=O) groups is 1. The van der Waals surface area contributed by atoms with Gasteiger partial charge in [-0.15, -0.1) is 0 Å². The quantitative estimate of drug-likeness (QED) is 0.740. The molecule has 17 heavy (non-hydrogen) atoms. The molecule has 1 saturated heterocycles. The van der Waals surface area contributed by atoms with Crippen molar-refractivity contribution in [3.05, 3.63) is 29.6 Å². The van der Waals surface area contributed by atoms with Crippen molar-refractivity contribution in [3.8, 4) is 0 Å². The van der Waals surface area contributed by atoms with Crippen LogP contribution in [-0.2, 0) is 11.3 Å². The summed E-state index contributed by atoms with van der Waals surface area (Å²) in [6.07, 6.45) is 1.62. The molecule has 1 aliphatic heterocycles. The first-order valence-corrected chi connectivity index (χ1v) is 5.58. The van der Waals surface area contributed by atoms with Gasteiger partial charge in [-0.3, -0.25) is 15.2 Å². The molecule has 1 amide bonds.